The van der Waals surface area contributed by atoms with Gasteiger partial charge in [-0.15, -0.1) is 11.3 Å². The Morgan fingerprint density at radius 1 is 1.30 bits per heavy atom. The number of thiazole rings is 1. The summed E-state index contributed by atoms with van der Waals surface area (Å²) in [5.41, 5.74) is 13.8. The predicted molar refractivity (Wildman–Crippen MR) is 168 cm³/mol. The average molecular weight is 570 g/mol. The van der Waals surface area contributed by atoms with Crippen LogP contribution in [-0.2, 0) is 16.0 Å². The number of aromatic nitrogens is 1. The Morgan fingerprint density at radius 3 is 2.67 bits per heavy atom. The third-order valence-electron chi connectivity index (χ3n) is 5.56. The van der Waals surface area contributed by atoms with Crippen LogP contribution in [0.4, 0.5) is 0 Å². The van der Waals surface area contributed by atoms with Crippen molar-refractivity contribution in [2.75, 3.05) is 40.5 Å². The molecule has 0 aliphatic carbocycles. The molecule has 218 valence electrons. The lowest BCUT2D eigenvalue weighted by molar-refractivity contribution is -0.129. The van der Waals surface area contributed by atoms with E-state index in [1.54, 1.807) is 25.6 Å². The van der Waals surface area contributed by atoms with E-state index in [9.17, 15) is 4.79 Å². The van der Waals surface area contributed by atoms with Gasteiger partial charge in [0.05, 0.1) is 30.5 Å². The Bertz CT molecular complexity index is 1150. The number of rotatable bonds is 11. The second-order valence-corrected chi connectivity index (χ2v) is 9.01. The fourth-order valence-electron chi connectivity index (χ4n) is 3.47. The molecule has 5 N–H and O–H groups in total. The van der Waals surface area contributed by atoms with Crippen LogP contribution in [0.2, 0.25) is 0 Å². The smallest absolute Gasteiger partial charge is 0.226 e. The fourth-order valence-corrected chi connectivity index (χ4v) is 4.28. The molecule has 2 heterocycles. The number of hydrogen-bond acceptors (Lipinski definition) is 10. The number of aliphatic hydroxyl groups excluding tert-OH is 1. The number of aliphatic hydroxyl groups is 1. The minimum atomic E-state index is -0.0597. The van der Waals surface area contributed by atoms with Crippen molar-refractivity contribution in [2.45, 2.75) is 39.2 Å². The van der Waals surface area contributed by atoms with Gasteiger partial charge in [-0.05, 0) is 44.3 Å². The molecule has 0 atom stereocenters. The summed E-state index contributed by atoms with van der Waals surface area (Å²) >= 11 is 1.48. The molecule has 1 aliphatic heterocycles. The summed E-state index contributed by atoms with van der Waals surface area (Å²) in [6.07, 6.45) is 8.48. The first-order chi connectivity index (χ1) is 19.5. The highest BCUT2D eigenvalue weighted by molar-refractivity contribution is 7.13. The van der Waals surface area contributed by atoms with E-state index in [4.69, 9.17) is 20.6 Å². The lowest BCUT2D eigenvalue weighted by Gasteiger charge is -2.17. The molecule has 0 spiro atoms. The van der Waals surface area contributed by atoms with Gasteiger partial charge >= 0.3 is 0 Å². The number of nitrogens with zero attached hydrogens (tertiary/aromatic N) is 5. The zero-order chi connectivity index (χ0) is 29.8. The van der Waals surface area contributed by atoms with Crippen molar-refractivity contribution in [3.8, 4) is 10.6 Å². The molecule has 10 nitrogen and oxygen atoms in total. The minimum absolute atomic E-state index is 0.0508. The number of hydrogen-bond donors (Lipinski definition) is 3. The van der Waals surface area contributed by atoms with Crippen LogP contribution in [0.3, 0.4) is 0 Å². The molecule has 0 radical (unpaired) electrons. The second-order valence-electron chi connectivity index (χ2n) is 8.16. The van der Waals surface area contributed by atoms with E-state index in [-0.39, 0.29) is 25.0 Å². The molecular weight excluding hydrogens is 526 g/mol. The molecule has 1 fully saturated rings. The first-order valence-electron chi connectivity index (χ1n) is 13.3. The van der Waals surface area contributed by atoms with Crippen molar-refractivity contribution in [1.29, 1.82) is 0 Å². The summed E-state index contributed by atoms with van der Waals surface area (Å²) in [5, 5.41) is 11.7. The Labute approximate surface area is 241 Å². The van der Waals surface area contributed by atoms with E-state index in [0.29, 0.717) is 23.6 Å². The molecule has 1 aromatic heterocycles. The van der Waals surface area contributed by atoms with Crippen LogP contribution in [0, 0.1) is 0 Å². The van der Waals surface area contributed by atoms with E-state index < -0.39 is 0 Å². The van der Waals surface area contributed by atoms with E-state index in [1.807, 2.05) is 43.5 Å². The number of carbonyl (C=O) groups excluding carboxylic acids is 1. The minimum Gasteiger partial charge on any atom is -0.403 e. The van der Waals surface area contributed by atoms with Crippen LogP contribution in [0.15, 0.2) is 62.6 Å². The van der Waals surface area contributed by atoms with Crippen LogP contribution in [0.5, 0.6) is 0 Å². The zero-order valence-corrected chi connectivity index (χ0v) is 24.8. The monoisotopic (exact) mass is 569 g/mol. The molecule has 0 bridgehead atoms. The van der Waals surface area contributed by atoms with Crippen LogP contribution in [0.25, 0.3) is 16.3 Å². The number of benzene rings is 1. The van der Waals surface area contributed by atoms with Gasteiger partial charge in [-0.2, -0.15) is 0 Å². The lowest BCUT2D eigenvalue weighted by atomic mass is 10.1. The number of carbonyl (C=O) groups is 1. The van der Waals surface area contributed by atoms with Crippen LogP contribution < -0.4 is 11.5 Å². The maximum atomic E-state index is 12.3. The third kappa shape index (κ3) is 11.7. The van der Waals surface area contributed by atoms with Gasteiger partial charge in [0.1, 0.15) is 10.7 Å². The molecule has 0 unspecified atom stereocenters. The van der Waals surface area contributed by atoms with Gasteiger partial charge in [-0.25, -0.2) is 4.98 Å². The molecular formula is C29H43N7O3S. The van der Waals surface area contributed by atoms with Gasteiger partial charge in [0, 0.05) is 56.4 Å². The summed E-state index contributed by atoms with van der Waals surface area (Å²) in [6.45, 7) is 9.37. The number of ether oxygens (including phenoxy) is 1. The van der Waals surface area contributed by atoms with Crippen LogP contribution in [-0.4, -0.2) is 86.5 Å². The third-order valence-corrected chi connectivity index (χ3v) is 6.45. The molecule has 1 saturated heterocycles. The molecule has 1 amide bonds. The van der Waals surface area contributed by atoms with E-state index >= 15 is 0 Å². The Morgan fingerprint density at radius 2 is 2.02 bits per heavy atom. The highest BCUT2D eigenvalue weighted by Gasteiger charge is 2.13. The molecule has 11 heteroatoms. The summed E-state index contributed by atoms with van der Waals surface area (Å²) in [4.78, 5) is 31.5. The maximum absolute atomic E-state index is 12.3. The van der Waals surface area contributed by atoms with Gasteiger partial charge in [0.2, 0.25) is 5.91 Å². The van der Waals surface area contributed by atoms with E-state index in [2.05, 4.69) is 27.4 Å². The summed E-state index contributed by atoms with van der Waals surface area (Å²) in [7, 11) is 3.18. The molecule has 3 rings (SSSR count). The molecule has 2 aromatic rings. The van der Waals surface area contributed by atoms with Gasteiger partial charge in [0.15, 0.2) is 0 Å². The van der Waals surface area contributed by atoms with Crippen LogP contribution in [0.1, 0.15) is 37.9 Å². The highest BCUT2D eigenvalue weighted by Crippen LogP contribution is 2.28. The molecule has 40 heavy (non-hydrogen) atoms. The van der Waals surface area contributed by atoms with Gasteiger partial charge in [0.25, 0.3) is 0 Å². The Hall–Kier alpha value is -3.51. The van der Waals surface area contributed by atoms with Crippen LogP contribution >= 0.6 is 11.3 Å². The number of likely N-dealkylation sites (N-methyl/N-ethyl adjacent to an activating group) is 1. The largest absolute Gasteiger partial charge is 0.403 e. The van der Waals surface area contributed by atoms with Crippen molar-refractivity contribution in [1.82, 2.24) is 9.88 Å². The quantitative estimate of drug-likeness (QED) is 0.352. The zero-order valence-electron chi connectivity index (χ0n) is 24.0. The number of nitrogens with two attached hydrogens (primary N) is 2. The van der Waals surface area contributed by atoms with Gasteiger partial charge in [-0.1, -0.05) is 32.0 Å². The summed E-state index contributed by atoms with van der Waals surface area (Å²) in [5.74, 6) is -0.0508. The number of amides is 1. The summed E-state index contributed by atoms with van der Waals surface area (Å²) in [6, 6.07) is 7.95. The van der Waals surface area contributed by atoms with E-state index in [0.717, 1.165) is 42.2 Å². The number of allylic oxidation sites excluding steroid dienone is 2. The average Bonchev–Trinajstić information content (AvgIpc) is 3.50. The molecule has 1 aliphatic rings. The van der Waals surface area contributed by atoms with Gasteiger partial charge < -0.3 is 26.2 Å². The SMILES string of the molecule is C=N\C(=C/C=N/C(C=NC1CCOCC1)=C/N)c1csc(-c2cccc(CC(=O)N(C)CCO)c2)n1.CC.CN. The van der Waals surface area contributed by atoms with Crippen molar-refractivity contribution < 1.29 is 14.6 Å². The molecule has 0 saturated carbocycles. The van der Waals surface area contributed by atoms with E-state index in [1.165, 1.54) is 29.5 Å². The van der Waals surface area contributed by atoms with Crippen molar-refractivity contribution >= 4 is 42.1 Å². The molecule has 1 aromatic carbocycles. The fraction of sp³-hybridized carbons (Fsp3) is 0.414. The first kappa shape index (κ1) is 34.5. The van der Waals surface area contributed by atoms with Gasteiger partial charge in [-0.3, -0.25) is 19.8 Å². The topological polar surface area (TPSA) is 152 Å². The lowest BCUT2D eigenvalue weighted by Crippen LogP contribution is -2.30. The summed E-state index contributed by atoms with van der Waals surface area (Å²) < 4.78 is 5.35. The highest BCUT2D eigenvalue weighted by atomic mass is 32.1. The Kier molecular flexibility index (Phi) is 17.6. The normalized spacial score (nSPS) is 14.3. The standard InChI is InChI=1S/C26H32N6O3S.C2H6.CH5N/c1-28-23(6-9-29-22(16-27)17-30-21-7-12-35-13-8-21)24-18-36-26(31-24)20-5-3-4-19(14-20)15-25(34)32(2)10-11-33;2*1-2/h3-6,9,14,16-18,21,33H,1,7-8,10-13,15,27H2,2H3;1-2H3;2H2,1H3/b22-16+,23-6-,29-9+,30-17?;;. The van der Waals surface area contributed by atoms with Crippen molar-refractivity contribution in [2.24, 2.45) is 26.4 Å². The van der Waals surface area contributed by atoms with Crippen molar-refractivity contribution in [3.63, 3.8) is 0 Å². The maximum Gasteiger partial charge on any atom is 0.226 e. The Balaban J connectivity index is 0.00000191. The first-order valence-corrected chi connectivity index (χ1v) is 14.1. The van der Waals surface area contributed by atoms with Crippen molar-refractivity contribution in [3.05, 3.63) is 58.9 Å². The predicted octanol–water partition coefficient (Wildman–Crippen LogP) is 3.57. The second kappa shape index (κ2) is 20.4. The number of aliphatic imine (C=N–C) groups is 3.